The molecule has 6 heteroatoms. The minimum Gasteiger partial charge on any atom is -0.286 e. The molecule has 90 valence electrons. The molecule has 0 saturated carbocycles. The molecule has 0 saturated heterocycles. The lowest BCUT2D eigenvalue weighted by atomic mass is 10.1. The van der Waals surface area contributed by atoms with Crippen LogP contribution in [-0.2, 0) is 6.18 Å². The Bertz CT molecular complexity index is 354. The lowest BCUT2D eigenvalue weighted by molar-refractivity contribution is -0.137. The minimum absolute atomic E-state index is 0.0838. The summed E-state index contributed by atoms with van der Waals surface area (Å²) in [4.78, 5) is 3.57. The van der Waals surface area contributed by atoms with Crippen molar-refractivity contribution in [1.29, 1.82) is 0 Å². The number of pyridine rings is 1. The second-order valence-corrected chi connectivity index (χ2v) is 4.39. The van der Waals surface area contributed by atoms with Crippen molar-refractivity contribution >= 4 is 5.82 Å². The fraction of sp³-hybridized carbons (Fsp3) is 0.500. The Morgan fingerprint density at radius 3 is 2.06 bits per heavy atom. The molecule has 0 radical (unpaired) electrons. The van der Waals surface area contributed by atoms with Gasteiger partial charge in [-0.25, -0.2) is 10.0 Å². The van der Waals surface area contributed by atoms with Crippen LogP contribution in [0.5, 0.6) is 0 Å². The number of hydrogen-bond donors (Lipinski definition) is 1. The zero-order chi connectivity index (χ0) is 12.6. The van der Waals surface area contributed by atoms with Gasteiger partial charge in [0.25, 0.3) is 0 Å². The van der Waals surface area contributed by atoms with E-state index in [9.17, 15) is 18.4 Å². The Labute approximate surface area is 91.5 Å². The minimum atomic E-state index is -4.41. The molecule has 1 heterocycles. The molecule has 3 nitrogen and oxygen atoms in total. The highest BCUT2D eigenvalue weighted by Crippen LogP contribution is 2.29. The van der Waals surface area contributed by atoms with E-state index in [0.29, 0.717) is 6.20 Å². The first-order valence-electron chi connectivity index (χ1n) is 4.65. The van der Waals surface area contributed by atoms with Gasteiger partial charge in [0.15, 0.2) is 5.82 Å². The SMILES string of the molecule is CC(C)(C)N(O)c1ccc(C(F)(F)F)cn1. The van der Waals surface area contributed by atoms with Crippen molar-refractivity contribution < 1.29 is 18.4 Å². The molecule has 0 aliphatic heterocycles. The summed E-state index contributed by atoms with van der Waals surface area (Å²) in [7, 11) is 0. The molecule has 1 aromatic rings. The van der Waals surface area contributed by atoms with E-state index >= 15 is 0 Å². The third-order valence-corrected chi connectivity index (χ3v) is 1.93. The average Bonchev–Trinajstić information content (AvgIpc) is 2.14. The topological polar surface area (TPSA) is 36.4 Å². The van der Waals surface area contributed by atoms with E-state index in [-0.39, 0.29) is 5.82 Å². The number of anilines is 1. The maximum absolute atomic E-state index is 12.2. The molecule has 0 unspecified atom stereocenters. The summed E-state index contributed by atoms with van der Waals surface area (Å²) >= 11 is 0. The number of alkyl halides is 3. The van der Waals surface area contributed by atoms with E-state index in [1.807, 2.05) is 0 Å². The molecule has 0 bridgehead atoms. The van der Waals surface area contributed by atoms with Gasteiger partial charge in [0.1, 0.15) is 0 Å². The van der Waals surface area contributed by atoms with Gasteiger partial charge in [0, 0.05) is 6.20 Å². The first kappa shape index (κ1) is 12.8. The number of aromatic nitrogens is 1. The number of halogens is 3. The molecule has 1 N–H and O–H groups in total. The van der Waals surface area contributed by atoms with Crippen LogP contribution in [0.4, 0.5) is 19.0 Å². The number of hydroxylamine groups is 1. The quantitative estimate of drug-likeness (QED) is 0.758. The molecular weight excluding hydrogens is 221 g/mol. The van der Waals surface area contributed by atoms with E-state index in [2.05, 4.69) is 4.98 Å². The van der Waals surface area contributed by atoms with Crippen LogP contribution in [0.2, 0.25) is 0 Å². The first-order valence-corrected chi connectivity index (χ1v) is 4.65. The van der Waals surface area contributed by atoms with Gasteiger partial charge in [-0.1, -0.05) is 0 Å². The van der Waals surface area contributed by atoms with Crippen molar-refractivity contribution in [2.45, 2.75) is 32.5 Å². The number of hydrogen-bond acceptors (Lipinski definition) is 3. The Hall–Kier alpha value is -1.30. The second kappa shape index (κ2) is 3.93. The van der Waals surface area contributed by atoms with Gasteiger partial charge >= 0.3 is 6.18 Å². The van der Waals surface area contributed by atoms with Gasteiger partial charge < -0.3 is 0 Å². The predicted octanol–water partition coefficient (Wildman–Crippen LogP) is 3.09. The normalized spacial score (nSPS) is 12.7. The zero-order valence-electron chi connectivity index (χ0n) is 9.21. The van der Waals surface area contributed by atoms with Crippen LogP contribution in [0.3, 0.4) is 0 Å². The molecule has 0 amide bonds. The molecular formula is C10H13F3N2O. The molecule has 1 rings (SSSR count). The van der Waals surface area contributed by atoms with Crippen molar-refractivity contribution in [2.75, 3.05) is 5.06 Å². The average molecular weight is 234 g/mol. The van der Waals surface area contributed by atoms with Gasteiger partial charge in [0.2, 0.25) is 0 Å². The first-order chi connectivity index (χ1) is 7.12. The summed E-state index contributed by atoms with van der Waals surface area (Å²) in [6.45, 7) is 5.14. The van der Waals surface area contributed by atoms with Gasteiger partial charge in [0.05, 0.1) is 11.1 Å². The fourth-order valence-electron chi connectivity index (χ4n) is 1.02. The highest BCUT2D eigenvalue weighted by molar-refractivity contribution is 5.38. The van der Waals surface area contributed by atoms with Crippen molar-refractivity contribution in [3.05, 3.63) is 23.9 Å². The summed E-state index contributed by atoms with van der Waals surface area (Å²) in [5.41, 5.74) is -1.45. The molecule has 0 spiro atoms. The highest BCUT2D eigenvalue weighted by atomic mass is 19.4. The van der Waals surface area contributed by atoms with Crippen molar-refractivity contribution in [2.24, 2.45) is 0 Å². The Kier molecular flexibility index (Phi) is 3.14. The summed E-state index contributed by atoms with van der Waals surface area (Å²) in [6, 6.07) is 2.02. The second-order valence-electron chi connectivity index (χ2n) is 4.39. The summed E-state index contributed by atoms with van der Waals surface area (Å²) in [5.74, 6) is 0.0838. The smallest absolute Gasteiger partial charge is 0.286 e. The van der Waals surface area contributed by atoms with Gasteiger partial charge in [-0.05, 0) is 32.9 Å². The molecule has 0 fully saturated rings. The number of rotatable bonds is 1. The van der Waals surface area contributed by atoms with Crippen LogP contribution < -0.4 is 5.06 Å². The van der Waals surface area contributed by atoms with Crippen molar-refractivity contribution in [3.8, 4) is 0 Å². The van der Waals surface area contributed by atoms with E-state index in [4.69, 9.17) is 0 Å². The summed E-state index contributed by atoms with van der Waals surface area (Å²) < 4.78 is 36.7. The zero-order valence-corrected chi connectivity index (χ0v) is 9.21. The Morgan fingerprint density at radius 1 is 1.19 bits per heavy atom. The van der Waals surface area contributed by atoms with Crippen molar-refractivity contribution in [1.82, 2.24) is 4.98 Å². The third kappa shape index (κ3) is 2.85. The van der Waals surface area contributed by atoms with Gasteiger partial charge in [-0.15, -0.1) is 0 Å². The molecule has 1 aromatic heterocycles. The fourth-order valence-corrected chi connectivity index (χ4v) is 1.02. The summed E-state index contributed by atoms with van der Waals surface area (Å²) in [5, 5.41) is 10.5. The van der Waals surface area contributed by atoms with E-state index < -0.39 is 17.3 Å². The Balaban J connectivity index is 2.96. The van der Waals surface area contributed by atoms with E-state index in [0.717, 1.165) is 17.2 Å². The van der Waals surface area contributed by atoms with Crippen molar-refractivity contribution in [3.63, 3.8) is 0 Å². The standard InChI is InChI=1S/C10H13F3N2O/c1-9(2,3)15(16)8-5-4-7(6-14-8)10(11,12)13/h4-6,16H,1-3H3. The third-order valence-electron chi connectivity index (χ3n) is 1.93. The maximum Gasteiger partial charge on any atom is 0.417 e. The maximum atomic E-state index is 12.2. The highest BCUT2D eigenvalue weighted by Gasteiger charge is 2.31. The number of nitrogens with zero attached hydrogens (tertiary/aromatic N) is 2. The monoisotopic (exact) mass is 234 g/mol. The molecule has 0 aliphatic rings. The van der Waals surface area contributed by atoms with Crippen LogP contribution in [0.1, 0.15) is 26.3 Å². The lowest BCUT2D eigenvalue weighted by Crippen LogP contribution is -2.39. The predicted molar refractivity (Wildman–Crippen MR) is 53.3 cm³/mol. The molecule has 0 aliphatic carbocycles. The van der Waals surface area contributed by atoms with E-state index in [1.165, 1.54) is 0 Å². The molecule has 0 aromatic carbocycles. The van der Waals surface area contributed by atoms with E-state index in [1.54, 1.807) is 20.8 Å². The molecule has 0 atom stereocenters. The van der Waals surface area contributed by atoms with Gasteiger partial charge in [-0.2, -0.15) is 13.2 Å². The Morgan fingerprint density at radius 2 is 1.75 bits per heavy atom. The van der Waals surface area contributed by atoms with Crippen LogP contribution >= 0.6 is 0 Å². The summed E-state index contributed by atoms with van der Waals surface area (Å²) in [6.07, 6.45) is -3.71. The lowest BCUT2D eigenvalue weighted by Gasteiger charge is -2.30. The largest absolute Gasteiger partial charge is 0.417 e. The van der Waals surface area contributed by atoms with Crippen LogP contribution in [0.15, 0.2) is 18.3 Å². The van der Waals surface area contributed by atoms with Crippen LogP contribution in [0, 0.1) is 0 Å². The van der Waals surface area contributed by atoms with Crippen LogP contribution in [0.25, 0.3) is 0 Å². The van der Waals surface area contributed by atoms with Crippen LogP contribution in [-0.4, -0.2) is 15.7 Å². The van der Waals surface area contributed by atoms with Gasteiger partial charge in [-0.3, -0.25) is 5.21 Å². The molecule has 16 heavy (non-hydrogen) atoms.